The number of allylic oxidation sites excluding steroid dienone is 1. The number of hydroxylamine groups is 1. The summed E-state index contributed by atoms with van der Waals surface area (Å²) < 4.78 is 0. The quantitative estimate of drug-likeness (QED) is 0.132. The number of carbonyl (C=O) groups excluding carboxylic acids is 5. The van der Waals surface area contributed by atoms with E-state index in [9.17, 15) is 24.0 Å². The fraction of sp³-hybridized carbons (Fsp3) is 0.533. The summed E-state index contributed by atoms with van der Waals surface area (Å²) in [4.78, 5) is 56.7. The third-order valence-corrected chi connectivity index (χ3v) is 3.11. The van der Waals surface area contributed by atoms with E-state index in [1.54, 1.807) is 7.05 Å². The number of carbonyl (C=O) groups is 5. The molecule has 0 saturated heterocycles. The van der Waals surface area contributed by atoms with Gasteiger partial charge in [-0.3, -0.25) is 29.2 Å². The summed E-state index contributed by atoms with van der Waals surface area (Å²) in [5.41, 5.74) is 1.39. The second kappa shape index (κ2) is 12.2. The molecule has 8 nitrogen and oxygen atoms in total. The van der Waals surface area contributed by atoms with Gasteiger partial charge in [-0.25, -0.2) is 5.48 Å². The van der Waals surface area contributed by atoms with Crippen LogP contribution in [0.15, 0.2) is 12.2 Å². The van der Waals surface area contributed by atoms with Gasteiger partial charge in [0.15, 0.2) is 11.6 Å². The molecule has 0 bridgehead atoms. The second-order valence-electron chi connectivity index (χ2n) is 4.95. The molecule has 0 saturated carbocycles. The zero-order chi connectivity index (χ0) is 17.7. The number of nitrogens with one attached hydrogen (secondary N) is 1. The molecule has 0 aliphatic heterocycles. The molecule has 0 atom stereocenters. The third kappa shape index (κ3) is 10.1. The third-order valence-electron chi connectivity index (χ3n) is 3.11. The normalized spacial score (nSPS) is 10.3. The number of hydrogen-bond donors (Lipinski definition) is 2. The van der Waals surface area contributed by atoms with Gasteiger partial charge < -0.3 is 4.90 Å². The van der Waals surface area contributed by atoms with Gasteiger partial charge in [0.2, 0.25) is 11.8 Å². The van der Waals surface area contributed by atoms with E-state index in [1.165, 1.54) is 16.5 Å². The Morgan fingerprint density at radius 3 is 2.26 bits per heavy atom. The Morgan fingerprint density at radius 1 is 1.00 bits per heavy atom. The first kappa shape index (κ1) is 20.6. The molecule has 0 heterocycles. The highest BCUT2D eigenvalue weighted by molar-refractivity contribution is 6.37. The van der Waals surface area contributed by atoms with Crippen molar-refractivity contribution in [2.75, 3.05) is 13.6 Å². The number of ketones is 2. The fourth-order valence-electron chi connectivity index (χ4n) is 1.73. The van der Waals surface area contributed by atoms with Crippen LogP contribution in [0.4, 0.5) is 0 Å². The lowest BCUT2D eigenvalue weighted by molar-refractivity contribution is -0.138. The van der Waals surface area contributed by atoms with Crippen LogP contribution in [-0.2, 0) is 24.0 Å². The van der Waals surface area contributed by atoms with E-state index in [0.717, 1.165) is 6.08 Å². The van der Waals surface area contributed by atoms with Crippen LogP contribution in [0, 0.1) is 0 Å². The molecule has 0 fully saturated rings. The van der Waals surface area contributed by atoms with Gasteiger partial charge in [0.05, 0.1) is 0 Å². The standard InChI is InChI=1S/C15H22N2O6/c1-17(15(22)7-5-11-18)10-4-2-3-6-12(19)13(20)8-9-14(21)16-23/h5,7,11,23H,2-4,6,8-10H2,1H3,(H,16,21)/b7-5-. The number of hydrogen-bond acceptors (Lipinski definition) is 6. The van der Waals surface area contributed by atoms with Crippen LogP contribution in [0.25, 0.3) is 0 Å². The van der Waals surface area contributed by atoms with Crippen LogP contribution < -0.4 is 5.48 Å². The van der Waals surface area contributed by atoms with Crippen LogP contribution in [0.1, 0.15) is 38.5 Å². The molecule has 0 aliphatic carbocycles. The van der Waals surface area contributed by atoms with E-state index in [2.05, 4.69) is 0 Å². The molecule has 0 aliphatic rings. The molecule has 0 aromatic rings. The molecule has 23 heavy (non-hydrogen) atoms. The van der Waals surface area contributed by atoms with Crippen molar-refractivity contribution in [3.63, 3.8) is 0 Å². The maximum atomic E-state index is 11.5. The monoisotopic (exact) mass is 326 g/mol. The van der Waals surface area contributed by atoms with Crippen LogP contribution in [0.3, 0.4) is 0 Å². The van der Waals surface area contributed by atoms with Crippen molar-refractivity contribution in [3.8, 4) is 0 Å². The van der Waals surface area contributed by atoms with Crippen molar-refractivity contribution < 1.29 is 29.2 Å². The van der Waals surface area contributed by atoms with E-state index in [4.69, 9.17) is 5.21 Å². The molecule has 2 amide bonds. The Morgan fingerprint density at radius 2 is 1.65 bits per heavy atom. The average molecular weight is 326 g/mol. The number of nitrogens with zero attached hydrogens (tertiary/aromatic N) is 1. The van der Waals surface area contributed by atoms with Gasteiger partial charge in [-0.15, -0.1) is 0 Å². The summed E-state index contributed by atoms with van der Waals surface area (Å²) in [7, 11) is 1.61. The SMILES string of the molecule is CN(CCCCCC(=O)C(=O)CCC(=O)NO)C(=O)/C=C\C=O. The average Bonchev–Trinajstić information content (AvgIpc) is 2.56. The zero-order valence-corrected chi connectivity index (χ0v) is 13.1. The molecular formula is C15H22N2O6. The van der Waals surface area contributed by atoms with Crippen molar-refractivity contribution in [1.29, 1.82) is 0 Å². The molecule has 0 unspecified atom stereocenters. The summed E-state index contributed by atoms with van der Waals surface area (Å²) in [6.07, 6.45) is 4.35. The Kier molecular flexibility index (Phi) is 11.0. The highest BCUT2D eigenvalue weighted by atomic mass is 16.5. The lowest BCUT2D eigenvalue weighted by Gasteiger charge is -2.14. The first-order valence-electron chi connectivity index (χ1n) is 7.28. The van der Waals surface area contributed by atoms with Gasteiger partial charge in [0.1, 0.15) is 6.29 Å². The minimum Gasteiger partial charge on any atom is -0.342 e. The number of unbranched alkanes of at least 4 members (excludes halogenated alkanes) is 2. The molecule has 128 valence electrons. The molecule has 0 aromatic heterocycles. The Balaban J connectivity index is 3.82. The highest BCUT2D eigenvalue weighted by Gasteiger charge is 2.14. The van der Waals surface area contributed by atoms with Crippen LogP contribution in [-0.4, -0.2) is 53.4 Å². The highest BCUT2D eigenvalue weighted by Crippen LogP contribution is 2.04. The van der Waals surface area contributed by atoms with E-state index in [-0.39, 0.29) is 25.2 Å². The summed E-state index contributed by atoms with van der Waals surface area (Å²) in [6.45, 7) is 0.487. The minimum absolute atomic E-state index is 0.0995. The smallest absolute Gasteiger partial charge is 0.246 e. The van der Waals surface area contributed by atoms with Crippen molar-refractivity contribution in [2.24, 2.45) is 0 Å². The summed E-state index contributed by atoms with van der Waals surface area (Å²) in [6, 6.07) is 0. The zero-order valence-electron chi connectivity index (χ0n) is 13.1. The van der Waals surface area contributed by atoms with E-state index in [0.29, 0.717) is 32.1 Å². The number of likely N-dealkylation sites (N-methyl/N-ethyl adjacent to an activating group) is 1. The van der Waals surface area contributed by atoms with Gasteiger partial charge in [0.25, 0.3) is 0 Å². The molecule has 0 rings (SSSR count). The summed E-state index contributed by atoms with van der Waals surface area (Å²) >= 11 is 0. The summed E-state index contributed by atoms with van der Waals surface area (Å²) in [5, 5.41) is 8.27. The van der Waals surface area contributed by atoms with Crippen molar-refractivity contribution in [1.82, 2.24) is 10.4 Å². The molecule has 0 aromatic carbocycles. The Labute approximate surface area is 134 Å². The van der Waals surface area contributed by atoms with Crippen molar-refractivity contribution >= 4 is 29.7 Å². The van der Waals surface area contributed by atoms with Gasteiger partial charge in [-0.1, -0.05) is 6.42 Å². The topological polar surface area (TPSA) is 121 Å². The number of rotatable bonds is 12. The lowest BCUT2D eigenvalue weighted by atomic mass is 10.1. The number of amides is 2. The molecule has 8 heteroatoms. The number of aldehydes is 1. The second-order valence-corrected chi connectivity index (χ2v) is 4.95. The van der Waals surface area contributed by atoms with Gasteiger partial charge in [0, 0.05) is 38.9 Å². The maximum Gasteiger partial charge on any atom is 0.246 e. The molecule has 2 N–H and O–H groups in total. The number of Topliss-reactive ketones (excluding diaryl/α,β-unsaturated/α-hetero) is 2. The predicted molar refractivity (Wildman–Crippen MR) is 80.5 cm³/mol. The van der Waals surface area contributed by atoms with Gasteiger partial charge in [-0.05, 0) is 18.9 Å². The van der Waals surface area contributed by atoms with Crippen molar-refractivity contribution in [2.45, 2.75) is 38.5 Å². The van der Waals surface area contributed by atoms with Gasteiger partial charge in [-0.2, -0.15) is 0 Å². The Hall–Kier alpha value is -2.35. The minimum atomic E-state index is -0.706. The van der Waals surface area contributed by atoms with Gasteiger partial charge >= 0.3 is 0 Å². The van der Waals surface area contributed by atoms with E-state index in [1.807, 2.05) is 0 Å². The van der Waals surface area contributed by atoms with Crippen LogP contribution in [0.5, 0.6) is 0 Å². The van der Waals surface area contributed by atoms with E-state index >= 15 is 0 Å². The van der Waals surface area contributed by atoms with E-state index < -0.39 is 17.5 Å². The largest absolute Gasteiger partial charge is 0.342 e. The van der Waals surface area contributed by atoms with Crippen molar-refractivity contribution in [3.05, 3.63) is 12.2 Å². The first-order valence-corrected chi connectivity index (χ1v) is 7.28. The molecular weight excluding hydrogens is 304 g/mol. The fourth-order valence-corrected chi connectivity index (χ4v) is 1.73. The van der Waals surface area contributed by atoms with Crippen LogP contribution >= 0.6 is 0 Å². The first-order chi connectivity index (χ1) is 10.9. The Bertz CT molecular complexity index is 473. The summed E-state index contributed by atoms with van der Waals surface area (Å²) in [5.74, 6) is -2.14. The van der Waals surface area contributed by atoms with Crippen LogP contribution in [0.2, 0.25) is 0 Å². The predicted octanol–water partition coefficient (Wildman–Crippen LogP) is 0.184. The molecule has 0 spiro atoms. The lowest BCUT2D eigenvalue weighted by Crippen LogP contribution is -2.25. The molecule has 0 radical (unpaired) electrons. The maximum absolute atomic E-state index is 11.5.